The van der Waals surface area contributed by atoms with Crippen LogP contribution in [0.3, 0.4) is 0 Å². The molecule has 0 radical (unpaired) electrons. The molecule has 2 bridgehead atoms. The Labute approximate surface area is 104 Å². The number of ether oxygens (including phenoxy) is 2. The molecule has 18 heavy (non-hydrogen) atoms. The Hall–Kier alpha value is -1.16. The van der Waals surface area contributed by atoms with E-state index in [-0.39, 0.29) is 35.8 Å². The summed E-state index contributed by atoms with van der Waals surface area (Å²) in [5, 5.41) is 0. The predicted molar refractivity (Wildman–Crippen MR) is 59.4 cm³/mol. The van der Waals surface area contributed by atoms with Gasteiger partial charge in [-0.2, -0.15) is 0 Å². The Bertz CT molecular complexity index is 510. The van der Waals surface area contributed by atoms with E-state index in [0.717, 1.165) is 12.8 Å². The van der Waals surface area contributed by atoms with Gasteiger partial charge in [-0.25, -0.2) is 0 Å². The van der Waals surface area contributed by atoms with Gasteiger partial charge in [0.15, 0.2) is 5.78 Å². The quantitative estimate of drug-likeness (QED) is 0.361. The molecular formula is C14H14O4. The van der Waals surface area contributed by atoms with E-state index in [9.17, 15) is 9.59 Å². The first-order chi connectivity index (χ1) is 8.71. The second-order valence-corrected chi connectivity index (χ2v) is 6.31. The van der Waals surface area contributed by atoms with Crippen molar-refractivity contribution in [2.45, 2.75) is 37.1 Å². The first-order valence-corrected chi connectivity index (χ1v) is 6.80. The maximum absolute atomic E-state index is 12.4. The van der Waals surface area contributed by atoms with Gasteiger partial charge in [0.2, 0.25) is 0 Å². The first-order valence-electron chi connectivity index (χ1n) is 6.80. The largest absolute Gasteiger partial charge is 0.456 e. The number of carbonyl (C=O) groups is 2. The molecule has 0 unspecified atom stereocenters. The van der Waals surface area contributed by atoms with Gasteiger partial charge in [0.25, 0.3) is 0 Å². The number of hydrogen-bond donors (Lipinski definition) is 0. The predicted octanol–water partition coefficient (Wildman–Crippen LogP) is 0.851. The average Bonchev–Trinajstić information content (AvgIpc) is 2.74. The van der Waals surface area contributed by atoms with Crippen molar-refractivity contribution >= 4 is 11.8 Å². The first kappa shape index (κ1) is 9.73. The highest BCUT2D eigenvalue weighted by Crippen LogP contribution is 2.63. The topological polar surface area (TPSA) is 55.9 Å². The zero-order chi connectivity index (χ0) is 12.1. The molecule has 2 saturated heterocycles. The minimum Gasteiger partial charge on any atom is -0.456 e. The molecule has 0 aromatic rings. The molecular weight excluding hydrogens is 232 g/mol. The van der Waals surface area contributed by atoms with Crippen LogP contribution in [0.25, 0.3) is 0 Å². The van der Waals surface area contributed by atoms with Crippen LogP contribution in [0.5, 0.6) is 0 Å². The van der Waals surface area contributed by atoms with Crippen LogP contribution in [0.1, 0.15) is 19.3 Å². The molecule has 94 valence electrons. The van der Waals surface area contributed by atoms with E-state index in [1.54, 1.807) is 0 Å². The van der Waals surface area contributed by atoms with Crippen molar-refractivity contribution < 1.29 is 19.1 Å². The fourth-order valence-electron chi connectivity index (χ4n) is 5.00. The Morgan fingerprint density at radius 1 is 1.22 bits per heavy atom. The lowest BCUT2D eigenvalue weighted by atomic mass is 9.63. The molecule has 2 heterocycles. The van der Waals surface area contributed by atoms with Gasteiger partial charge < -0.3 is 9.47 Å². The normalized spacial score (nSPS) is 58.9. The Morgan fingerprint density at radius 2 is 2.06 bits per heavy atom. The van der Waals surface area contributed by atoms with Crippen molar-refractivity contribution in [1.29, 1.82) is 0 Å². The van der Waals surface area contributed by atoms with Gasteiger partial charge >= 0.3 is 5.97 Å². The summed E-state index contributed by atoms with van der Waals surface area (Å²) in [6.07, 6.45) is 6.23. The zero-order valence-corrected chi connectivity index (χ0v) is 9.87. The third-order valence-electron chi connectivity index (χ3n) is 5.63. The molecule has 7 atom stereocenters. The monoisotopic (exact) mass is 246 g/mol. The number of fused-ring (bicyclic) bond motifs is 8. The van der Waals surface area contributed by atoms with E-state index in [2.05, 4.69) is 12.2 Å². The van der Waals surface area contributed by atoms with Crippen molar-refractivity contribution in [3.8, 4) is 0 Å². The number of rotatable bonds is 0. The van der Waals surface area contributed by atoms with E-state index in [4.69, 9.17) is 9.47 Å². The maximum Gasteiger partial charge on any atom is 0.306 e. The highest BCUT2D eigenvalue weighted by molar-refractivity contribution is 5.92. The molecule has 2 aliphatic heterocycles. The van der Waals surface area contributed by atoms with E-state index >= 15 is 0 Å². The Balaban J connectivity index is 1.66. The molecule has 5 rings (SSSR count). The molecule has 4 fully saturated rings. The average molecular weight is 246 g/mol. The fraction of sp³-hybridized carbons (Fsp3) is 0.714. The van der Waals surface area contributed by atoms with E-state index in [1.807, 2.05) is 0 Å². The Morgan fingerprint density at radius 3 is 2.83 bits per heavy atom. The lowest BCUT2D eigenvalue weighted by Gasteiger charge is -2.42. The SMILES string of the molecule is O=C1CC[C@]2(O1)[C@@H]1[C@H](C(=O)[C@@H]3O[C@@H]32)[C@@H]2C=C[C@H]1C2. The molecule has 5 aliphatic rings. The van der Waals surface area contributed by atoms with E-state index < -0.39 is 5.60 Å². The molecule has 1 spiro atoms. The van der Waals surface area contributed by atoms with Crippen LogP contribution in [0, 0.1) is 23.7 Å². The zero-order valence-electron chi connectivity index (χ0n) is 9.87. The number of hydrogen-bond acceptors (Lipinski definition) is 4. The van der Waals surface area contributed by atoms with Gasteiger partial charge in [-0.1, -0.05) is 12.2 Å². The van der Waals surface area contributed by atoms with Crippen molar-refractivity contribution in [3.63, 3.8) is 0 Å². The molecule has 0 aromatic heterocycles. The summed E-state index contributed by atoms with van der Waals surface area (Å²) in [5.41, 5.74) is -0.482. The van der Waals surface area contributed by atoms with Crippen molar-refractivity contribution in [3.05, 3.63) is 12.2 Å². The van der Waals surface area contributed by atoms with Gasteiger partial charge in [0.05, 0.1) is 0 Å². The number of Topliss-reactive ketones (excluding diaryl/α,β-unsaturated/α-hetero) is 1. The molecule has 0 amide bonds. The van der Waals surface area contributed by atoms with Crippen LogP contribution in [0.2, 0.25) is 0 Å². The summed E-state index contributed by atoms with van der Waals surface area (Å²) in [4.78, 5) is 23.9. The molecule has 0 aromatic carbocycles. The Kier molecular flexibility index (Phi) is 1.47. The second-order valence-electron chi connectivity index (χ2n) is 6.31. The maximum atomic E-state index is 12.4. The molecule has 4 heteroatoms. The van der Waals surface area contributed by atoms with Crippen LogP contribution < -0.4 is 0 Å². The van der Waals surface area contributed by atoms with Crippen molar-refractivity contribution in [1.82, 2.24) is 0 Å². The fourth-order valence-corrected chi connectivity index (χ4v) is 5.00. The highest BCUT2D eigenvalue weighted by atomic mass is 16.6. The summed E-state index contributed by atoms with van der Waals surface area (Å²) in [5.74, 6) is 1.11. The standard InChI is InChI=1S/C14H14O4/c15-8-3-4-14(18-8)10-7-2-1-6(5-7)9(10)11(16)12-13(14)17-12/h1-2,6-7,9-10,12-13H,3-5H2/t6-,7+,9-,10+,12+,13+,14+/m1/s1. The van der Waals surface area contributed by atoms with Crippen LogP contribution in [-0.4, -0.2) is 29.6 Å². The lowest BCUT2D eigenvalue weighted by Crippen LogP contribution is -2.55. The minimum absolute atomic E-state index is 0.0367. The van der Waals surface area contributed by atoms with Gasteiger partial charge in [-0.3, -0.25) is 9.59 Å². The third-order valence-corrected chi connectivity index (χ3v) is 5.63. The van der Waals surface area contributed by atoms with Crippen LogP contribution in [0.15, 0.2) is 12.2 Å². The second kappa shape index (κ2) is 2.72. The summed E-state index contributed by atoms with van der Waals surface area (Å²) in [6.45, 7) is 0. The summed E-state index contributed by atoms with van der Waals surface area (Å²) < 4.78 is 11.3. The summed E-state index contributed by atoms with van der Waals surface area (Å²) in [7, 11) is 0. The molecule has 0 N–H and O–H groups in total. The molecule has 4 nitrogen and oxygen atoms in total. The number of ketones is 1. The minimum atomic E-state index is -0.482. The number of epoxide rings is 1. The van der Waals surface area contributed by atoms with Crippen LogP contribution in [0.4, 0.5) is 0 Å². The van der Waals surface area contributed by atoms with Crippen LogP contribution in [-0.2, 0) is 19.1 Å². The van der Waals surface area contributed by atoms with Gasteiger partial charge in [-0.15, -0.1) is 0 Å². The molecule has 3 aliphatic carbocycles. The van der Waals surface area contributed by atoms with E-state index in [0.29, 0.717) is 18.3 Å². The van der Waals surface area contributed by atoms with Gasteiger partial charge in [0, 0.05) is 24.7 Å². The number of allylic oxidation sites excluding steroid dienone is 2. The summed E-state index contributed by atoms with van der Waals surface area (Å²) >= 11 is 0. The smallest absolute Gasteiger partial charge is 0.306 e. The number of carbonyl (C=O) groups excluding carboxylic acids is 2. The van der Waals surface area contributed by atoms with Gasteiger partial charge in [0.1, 0.15) is 17.8 Å². The highest BCUT2D eigenvalue weighted by Gasteiger charge is 2.75. The van der Waals surface area contributed by atoms with Crippen molar-refractivity contribution in [2.75, 3.05) is 0 Å². The van der Waals surface area contributed by atoms with E-state index in [1.165, 1.54) is 0 Å². The molecule has 2 saturated carbocycles. The third kappa shape index (κ3) is 0.880. The van der Waals surface area contributed by atoms with Gasteiger partial charge in [-0.05, 0) is 18.3 Å². The van der Waals surface area contributed by atoms with Crippen molar-refractivity contribution in [2.24, 2.45) is 23.7 Å². The summed E-state index contributed by atoms with van der Waals surface area (Å²) in [6, 6.07) is 0. The lowest BCUT2D eigenvalue weighted by molar-refractivity contribution is -0.162. The van der Waals surface area contributed by atoms with Crippen LogP contribution >= 0.6 is 0 Å². The number of esters is 1.